The van der Waals surface area contributed by atoms with Crippen LogP contribution in [-0.4, -0.2) is 12.4 Å². The Bertz CT molecular complexity index is 391. The molecule has 0 aliphatic carbocycles. The molecule has 0 atom stereocenters. The van der Waals surface area contributed by atoms with Crippen LogP contribution in [0, 0.1) is 0 Å². The van der Waals surface area contributed by atoms with Crippen molar-refractivity contribution in [3.8, 4) is 5.75 Å². The quantitative estimate of drug-likeness (QED) is 0.665. The van der Waals surface area contributed by atoms with Crippen LogP contribution in [-0.2, 0) is 11.2 Å². The van der Waals surface area contributed by atoms with E-state index in [1.54, 1.807) is 13.0 Å². The van der Waals surface area contributed by atoms with Gasteiger partial charge in [0.2, 0.25) is 0 Å². The zero-order valence-electron chi connectivity index (χ0n) is 8.12. The standard InChI is InChI=1S/C12H12O2/c1-9(13)2-3-10-4-5-12-11(8-10)6-7-14-12/h2-5,8H,6-7H2,1H3. The van der Waals surface area contributed by atoms with E-state index in [4.69, 9.17) is 4.74 Å². The summed E-state index contributed by atoms with van der Waals surface area (Å²) < 4.78 is 5.39. The van der Waals surface area contributed by atoms with Crippen LogP contribution < -0.4 is 4.74 Å². The van der Waals surface area contributed by atoms with Crippen LogP contribution in [0.3, 0.4) is 0 Å². The fraction of sp³-hybridized carbons (Fsp3) is 0.250. The molecule has 1 aliphatic rings. The summed E-state index contributed by atoms with van der Waals surface area (Å²) in [4.78, 5) is 10.7. The van der Waals surface area contributed by atoms with Crippen molar-refractivity contribution in [1.29, 1.82) is 0 Å². The van der Waals surface area contributed by atoms with Crippen molar-refractivity contribution >= 4 is 11.9 Å². The second-order valence-corrected chi connectivity index (χ2v) is 3.41. The molecule has 2 nitrogen and oxygen atoms in total. The number of allylic oxidation sites excluding steroid dienone is 1. The van der Waals surface area contributed by atoms with Crippen molar-refractivity contribution in [2.45, 2.75) is 13.3 Å². The van der Waals surface area contributed by atoms with Gasteiger partial charge in [-0.25, -0.2) is 0 Å². The normalized spacial score (nSPS) is 14.1. The van der Waals surface area contributed by atoms with Gasteiger partial charge in [0.05, 0.1) is 6.61 Å². The Morgan fingerprint density at radius 3 is 3.14 bits per heavy atom. The molecule has 0 unspecified atom stereocenters. The summed E-state index contributed by atoms with van der Waals surface area (Å²) >= 11 is 0. The van der Waals surface area contributed by atoms with Crippen LogP contribution in [0.2, 0.25) is 0 Å². The molecular formula is C12H12O2. The third-order valence-electron chi connectivity index (χ3n) is 2.22. The minimum atomic E-state index is 0.0711. The van der Waals surface area contributed by atoms with E-state index in [0.717, 1.165) is 24.3 Å². The molecule has 1 aromatic rings. The van der Waals surface area contributed by atoms with Crippen LogP contribution in [0.15, 0.2) is 24.3 Å². The first kappa shape index (κ1) is 9.00. The van der Waals surface area contributed by atoms with Crippen molar-refractivity contribution < 1.29 is 9.53 Å². The first-order valence-corrected chi connectivity index (χ1v) is 4.70. The van der Waals surface area contributed by atoms with Gasteiger partial charge in [-0.3, -0.25) is 4.79 Å². The number of benzene rings is 1. The average Bonchev–Trinajstić information content (AvgIpc) is 2.61. The second kappa shape index (κ2) is 3.66. The average molecular weight is 188 g/mol. The van der Waals surface area contributed by atoms with Crippen LogP contribution in [0.25, 0.3) is 6.08 Å². The predicted molar refractivity (Wildman–Crippen MR) is 55.4 cm³/mol. The first-order valence-electron chi connectivity index (χ1n) is 4.70. The summed E-state index contributed by atoms with van der Waals surface area (Å²) in [5.74, 6) is 1.05. The van der Waals surface area contributed by atoms with E-state index in [1.165, 1.54) is 5.56 Å². The largest absolute Gasteiger partial charge is 0.493 e. The molecule has 72 valence electrons. The highest BCUT2D eigenvalue weighted by Gasteiger charge is 2.10. The van der Waals surface area contributed by atoms with E-state index < -0.39 is 0 Å². The lowest BCUT2D eigenvalue weighted by Gasteiger charge is -1.99. The zero-order chi connectivity index (χ0) is 9.97. The summed E-state index contributed by atoms with van der Waals surface area (Å²) in [6.45, 7) is 2.32. The number of ketones is 1. The Morgan fingerprint density at radius 2 is 2.36 bits per heavy atom. The fourth-order valence-corrected chi connectivity index (χ4v) is 1.52. The van der Waals surface area contributed by atoms with Gasteiger partial charge in [-0.15, -0.1) is 0 Å². The van der Waals surface area contributed by atoms with Gasteiger partial charge >= 0.3 is 0 Å². The Kier molecular flexibility index (Phi) is 2.35. The molecule has 0 N–H and O–H groups in total. The SMILES string of the molecule is CC(=O)C=Cc1ccc2c(c1)CCO2. The van der Waals surface area contributed by atoms with Gasteiger partial charge in [0.15, 0.2) is 5.78 Å². The maximum Gasteiger partial charge on any atom is 0.152 e. The molecule has 0 fully saturated rings. The number of hydrogen-bond donors (Lipinski definition) is 0. The van der Waals surface area contributed by atoms with E-state index in [9.17, 15) is 4.79 Å². The van der Waals surface area contributed by atoms with Crippen LogP contribution in [0.4, 0.5) is 0 Å². The van der Waals surface area contributed by atoms with Crippen molar-refractivity contribution in [1.82, 2.24) is 0 Å². The smallest absolute Gasteiger partial charge is 0.152 e. The van der Waals surface area contributed by atoms with Crippen LogP contribution in [0.1, 0.15) is 18.1 Å². The van der Waals surface area contributed by atoms with Crippen molar-refractivity contribution in [3.63, 3.8) is 0 Å². The van der Waals surface area contributed by atoms with Crippen molar-refractivity contribution in [2.75, 3.05) is 6.61 Å². The van der Waals surface area contributed by atoms with Crippen LogP contribution >= 0.6 is 0 Å². The molecule has 0 aromatic heterocycles. The number of hydrogen-bond acceptors (Lipinski definition) is 2. The van der Waals surface area contributed by atoms with Gasteiger partial charge in [-0.05, 0) is 36.3 Å². The minimum Gasteiger partial charge on any atom is -0.493 e. The lowest BCUT2D eigenvalue weighted by Crippen LogP contribution is -1.85. The molecule has 0 amide bonds. The Labute approximate surface area is 83.2 Å². The third-order valence-corrected chi connectivity index (χ3v) is 2.22. The van der Waals surface area contributed by atoms with E-state index in [2.05, 4.69) is 6.07 Å². The lowest BCUT2D eigenvalue weighted by molar-refractivity contribution is -0.112. The summed E-state index contributed by atoms with van der Waals surface area (Å²) in [5.41, 5.74) is 2.29. The molecule has 1 aromatic carbocycles. The maximum atomic E-state index is 10.7. The van der Waals surface area contributed by atoms with Gasteiger partial charge in [0.1, 0.15) is 5.75 Å². The van der Waals surface area contributed by atoms with E-state index >= 15 is 0 Å². The molecule has 0 saturated heterocycles. The number of carbonyl (C=O) groups excluding carboxylic acids is 1. The van der Waals surface area contributed by atoms with Crippen molar-refractivity contribution in [3.05, 3.63) is 35.4 Å². The third kappa shape index (κ3) is 1.84. The molecule has 1 aliphatic heterocycles. The highest BCUT2D eigenvalue weighted by Crippen LogP contribution is 2.26. The molecular weight excluding hydrogens is 176 g/mol. The number of carbonyl (C=O) groups is 1. The highest BCUT2D eigenvalue weighted by atomic mass is 16.5. The van der Waals surface area contributed by atoms with Crippen molar-refractivity contribution in [2.24, 2.45) is 0 Å². The van der Waals surface area contributed by atoms with Gasteiger partial charge in [0, 0.05) is 6.42 Å². The summed E-state index contributed by atoms with van der Waals surface area (Å²) in [6, 6.07) is 5.99. The molecule has 0 spiro atoms. The van der Waals surface area contributed by atoms with Gasteiger partial charge in [0.25, 0.3) is 0 Å². The molecule has 2 rings (SSSR count). The Balaban J connectivity index is 2.25. The molecule has 2 heteroatoms. The topological polar surface area (TPSA) is 26.3 Å². The van der Waals surface area contributed by atoms with E-state index in [0.29, 0.717) is 0 Å². The number of ether oxygens (including phenoxy) is 1. The Morgan fingerprint density at radius 1 is 1.50 bits per heavy atom. The predicted octanol–water partition coefficient (Wildman–Crippen LogP) is 2.22. The minimum absolute atomic E-state index is 0.0711. The zero-order valence-corrected chi connectivity index (χ0v) is 8.12. The molecule has 1 heterocycles. The van der Waals surface area contributed by atoms with E-state index in [1.807, 2.05) is 18.2 Å². The number of rotatable bonds is 2. The lowest BCUT2D eigenvalue weighted by atomic mass is 10.1. The summed E-state index contributed by atoms with van der Waals surface area (Å²) in [6.07, 6.45) is 4.38. The molecule has 0 radical (unpaired) electrons. The van der Waals surface area contributed by atoms with Gasteiger partial charge in [-0.1, -0.05) is 12.1 Å². The second-order valence-electron chi connectivity index (χ2n) is 3.41. The first-order chi connectivity index (χ1) is 6.75. The molecule has 14 heavy (non-hydrogen) atoms. The van der Waals surface area contributed by atoms with Gasteiger partial charge < -0.3 is 4.74 Å². The highest BCUT2D eigenvalue weighted by molar-refractivity contribution is 5.91. The molecule has 0 saturated carbocycles. The Hall–Kier alpha value is -1.57. The summed E-state index contributed by atoms with van der Waals surface area (Å²) in [5, 5.41) is 0. The maximum absolute atomic E-state index is 10.7. The molecule has 0 bridgehead atoms. The fourth-order valence-electron chi connectivity index (χ4n) is 1.52. The van der Waals surface area contributed by atoms with Gasteiger partial charge in [-0.2, -0.15) is 0 Å². The summed E-state index contributed by atoms with van der Waals surface area (Å²) in [7, 11) is 0. The van der Waals surface area contributed by atoms with Crippen LogP contribution in [0.5, 0.6) is 5.75 Å². The number of fused-ring (bicyclic) bond motifs is 1. The van der Waals surface area contributed by atoms with E-state index in [-0.39, 0.29) is 5.78 Å². The monoisotopic (exact) mass is 188 g/mol.